The van der Waals surface area contributed by atoms with Crippen LogP contribution < -0.4 is 4.90 Å². The van der Waals surface area contributed by atoms with E-state index >= 15 is 0 Å². The number of aromatic nitrogens is 1. The Bertz CT molecular complexity index is 800. The number of pyridine rings is 1. The Hall–Kier alpha value is -2.16. The van der Waals surface area contributed by atoms with E-state index in [1.807, 2.05) is 24.3 Å². The van der Waals surface area contributed by atoms with Gasteiger partial charge in [-0.3, -0.25) is 9.88 Å². The normalized spacial score (nSPS) is 27.7. The smallest absolute Gasteiger partial charge is 0.101 e. The van der Waals surface area contributed by atoms with Crippen molar-refractivity contribution in [3.05, 3.63) is 36.0 Å². The molecule has 1 aromatic heterocycles. The topological polar surface area (TPSA) is 63.4 Å². The second-order valence-electron chi connectivity index (χ2n) is 6.97. The number of piperidine rings is 1. The first-order valence-corrected chi connectivity index (χ1v) is 8.64. The van der Waals surface area contributed by atoms with E-state index in [1.165, 1.54) is 0 Å². The van der Waals surface area contributed by atoms with Crippen LogP contribution >= 0.6 is 0 Å². The molecule has 0 spiro atoms. The first kappa shape index (κ1) is 15.4. The van der Waals surface area contributed by atoms with Gasteiger partial charge in [0.05, 0.1) is 17.2 Å². The number of anilines is 1. The van der Waals surface area contributed by atoms with Gasteiger partial charge in [0.2, 0.25) is 0 Å². The number of rotatable bonds is 1. The predicted octanol–water partition coefficient (Wildman–Crippen LogP) is 2.14. The van der Waals surface area contributed by atoms with E-state index in [1.54, 1.807) is 6.20 Å². The lowest BCUT2D eigenvalue weighted by Crippen LogP contribution is -2.61. The number of hydrogen-bond acceptors (Lipinski definition) is 5. The van der Waals surface area contributed by atoms with Gasteiger partial charge < -0.3 is 10.0 Å². The molecule has 24 heavy (non-hydrogen) atoms. The third kappa shape index (κ3) is 2.52. The predicted molar refractivity (Wildman–Crippen MR) is 93.9 cm³/mol. The fourth-order valence-electron chi connectivity index (χ4n) is 4.28. The van der Waals surface area contributed by atoms with Crippen LogP contribution in [0.25, 0.3) is 10.9 Å². The molecule has 2 aromatic rings. The summed E-state index contributed by atoms with van der Waals surface area (Å²) in [7, 11) is 0. The lowest BCUT2D eigenvalue weighted by Gasteiger charge is -2.50. The summed E-state index contributed by atoms with van der Waals surface area (Å²) < 4.78 is 0. The summed E-state index contributed by atoms with van der Waals surface area (Å²) in [5.41, 5.74) is 2.54. The van der Waals surface area contributed by atoms with E-state index in [2.05, 4.69) is 27.8 Å². The summed E-state index contributed by atoms with van der Waals surface area (Å²) in [4.78, 5) is 9.35. The number of hydrogen-bond donors (Lipinski definition) is 1. The highest BCUT2D eigenvalue weighted by Crippen LogP contribution is 2.33. The molecule has 0 aliphatic carbocycles. The zero-order chi connectivity index (χ0) is 16.7. The Morgan fingerprint density at radius 1 is 1.29 bits per heavy atom. The number of piperazine rings is 1. The number of aliphatic hydroxyl groups is 1. The van der Waals surface area contributed by atoms with Crippen molar-refractivity contribution in [1.82, 2.24) is 9.88 Å². The van der Waals surface area contributed by atoms with E-state index < -0.39 is 0 Å². The van der Waals surface area contributed by atoms with E-state index in [9.17, 15) is 10.4 Å². The van der Waals surface area contributed by atoms with Crippen LogP contribution in [0.4, 0.5) is 5.69 Å². The molecule has 3 heterocycles. The molecular weight excluding hydrogens is 300 g/mol. The number of benzene rings is 1. The maximum Gasteiger partial charge on any atom is 0.101 e. The van der Waals surface area contributed by atoms with E-state index in [0.717, 1.165) is 49.1 Å². The fraction of sp³-hybridized carbons (Fsp3) is 0.474. The quantitative estimate of drug-likeness (QED) is 0.871. The molecule has 1 unspecified atom stereocenters. The highest BCUT2D eigenvalue weighted by molar-refractivity contribution is 5.95. The zero-order valence-electron chi connectivity index (χ0n) is 13.9. The Kier molecular flexibility index (Phi) is 3.87. The maximum absolute atomic E-state index is 10.0. The van der Waals surface area contributed by atoms with Gasteiger partial charge in [0.1, 0.15) is 6.07 Å². The first-order valence-electron chi connectivity index (χ1n) is 8.64. The van der Waals surface area contributed by atoms with Crippen molar-refractivity contribution in [1.29, 1.82) is 5.26 Å². The Morgan fingerprint density at radius 2 is 2.17 bits per heavy atom. The van der Waals surface area contributed by atoms with Crippen LogP contribution in [0.15, 0.2) is 30.5 Å². The summed E-state index contributed by atoms with van der Waals surface area (Å²) in [5, 5.41) is 20.4. The molecule has 2 aliphatic heterocycles. The standard InChI is InChI=1S/C19H22N4O/c1-13-11-22(12-15-9-16(24)6-8-23(13)15)18-5-4-14(10-20)19-17(18)3-2-7-21-19/h2-5,7,13,15-16,24H,6,8-9,11-12H2,1H3/t13-,15+,16?/m1/s1. The first-order chi connectivity index (χ1) is 11.7. The van der Waals surface area contributed by atoms with Crippen LogP contribution in [-0.2, 0) is 0 Å². The molecule has 1 N–H and O–H groups in total. The van der Waals surface area contributed by atoms with Crippen LogP contribution in [0.2, 0.25) is 0 Å². The lowest BCUT2D eigenvalue weighted by molar-refractivity contribution is 0.0131. The molecule has 1 aromatic carbocycles. The summed E-state index contributed by atoms with van der Waals surface area (Å²) in [5.74, 6) is 0. The van der Waals surface area contributed by atoms with Gasteiger partial charge in [-0.1, -0.05) is 0 Å². The van der Waals surface area contributed by atoms with Crippen molar-refractivity contribution in [2.45, 2.75) is 38.0 Å². The molecule has 124 valence electrons. The van der Waals surface area contributed by atoms with Gasteiger partial charge in [0.15, 0.2) is 0 Å². The van der Waals surface area contributed by atoms with Gasteiger partial charge in [0, 0.05) is 49.0 Å². The fourth-order valence-corrected chi connectivity index (χ4v) is 4.28. The average Bonchev–Trinajstić information content (AvgIpc) is 2.60. The molecule has 0 radical (unpaired) electrons. The van der Waals surface area contributed by atoms with Crippen molar-refractivity contribution in [3.63, 3.8) is 0 Å². The molecule has 4 rings (SSSR count). The average molecular weight is 322 g/mol. The van der Waals surface area contributed by atoms with Gasteiger partial charge in [-0.2, -0.15) is 5.26 Å². The van der Waals surface area contributed by atoms with Gasteiger partial charge in [0.25, 0.3) is 0 Å². The molecule has 0 amide bonds. The highest BCUT2D eigenvalue weighted by atomic mass is 16.3. The number of nitriles is 1. The van der Waals surface area contributed by atoms with Crippen LogP contribution in [0.3, 0.4) is 0 Å². The minimum Gasteiger partial charge on any atom is -0.393 e. The number of aliphatic hydroxyl groups excluding tert-OH is 1. The Morgan fingerprint density at radius 3 is 3.00 bits per heavy atom. The summed E-state index contributed by atoms with van der Waals surface area (Å²) >= 11 is 0. The molecule has 2 saturated heterocycles. The summed E-state index contributed by atoms with van der Waals surface area (Å²) in [6.45, 7) is 5.12. The molecule has 3 atom stereocenters. The minimum atomic E-state index is -0.183. The summed E-state index contributed by atoms with van der Waals surface area (Å²) in [6, 6.07) is 11.0. The third-order valence-corrected chi connectivity index (χ3v) is 5.42. The van der Waals surface area contributed by atoms with Crippen LogP contribution in [0.1, 0.15) is 25.3 Å². The molecule has 2 fully saturated rings. The lowest BCUT2D eigenvalue weighted by atomic mass is 9.93. The largest absolute Gasteiger partial charge is 0.393 e. The minimum absolute atomic E-state index is 0.183. The van der Waals surface area contributed by atoms with Crippen molar-refractivity contribution in [3.8, 4) is 6.07 Å². The van der Waals surface area contributed by atoms with Gasteiger partial charge in [-0.05, 0) is 44.0 Å². The van der Waals surface area contributed by atoms with Gasteiger partial charge in [-0.15, -0.1) is 0 Å². The van der Waals surface area contributed by atoms with Crippen molar-refractivity contribution in [2.75, 3.05) is 24.5 Å². The highest BCUT2D eigenvalue weighted by Gasteiger charge is 2.36. The summed E-state index contributed by atoms with van der Waals surface area (Å²) in [6.07, 6.45) is 3.28. The Labute approximate surface area is 142 Å². The maximum atomic E-state index is 10.0. The second kappa shape index (κ2) is 6.04. The van der Waals surface area contributed by atoms with Crippen molar-refractivity contribution < 1.29 is 5.11 Å². The van der Waals surface area contributed by atoms with Gasteiger partial charge >= 0.3 is 0 Å². The molecule has 5 nitrogen and oxygen atoms in total. The van der Waals surface area contributed by atoms with E-state index in [0.29, 0.717) is 17.6 Å². The Balaban J connectivity index is 1.72. The SMILES string of the molecule is C[C@@H]1CN(c2ccc(C#N)c3ncccc23)C[C@@H]2CC(O)CCN21. The molecular formula is C19H22N4O. The van der Waals surface area contributed by atoms with Gasteiger partial charge in [-0.25, -0.2) is 0 Å². The molecule has 0 saturated carbocycles. The van der Waals surface area contributed by atoms with Crippen molar-refractivity contribution >= 4 is 16.6 Å². The molecule has 0 bridgehead atoms. The number of nitrogens with zero attached hydrogens (tertiary/aromatic N) is 4. The molecule has 5 heteroatoms. The second-order valence-corrected chi connectivity index (χ2v) is 6.97. The van der Waals surface area contributed by atoms with E-state index in [4.69, 9.17) is 0 Å². The van der Waals surface area contributed by atoms with E-state index in [-0.39, 0.29) is 6.10 Å². The van der Waals surface area contributed by atoms with Crippen LogP contribution in [0.5, 0.6) is 0 Å². The molecule has 2 aliphatic rings. The zero-order valence-corrected chi connectivity index (χ0v) is 13.9. The monoisotopic (exact) mass is 322 g/mol. The van der Waals surface area contributed by atoms with Crippen molar-refractivity contribution in [2.24, 2.45) is 0 Å². The van der Waals surface area contributed by atoms with Crippen LogP contribution in [0, 0.1) is 11.3 Å². The number of fused-ring (bicyclic) bond motifs is 2. The van der Waals surface area contributed by atoms with Crippen LogP contribution in [-0.4, -0.2) is 52.8 Å². The third-order valence-electron chi connectivity index (χ3n) is 5.42.